The minimum absolute atomic E-state index is 0.0127. The fourth-order valence-corrected chi connectivity index (χ4v) is 5.79. The number of hydrogen-bond acceptors (Lipinski definition) is 8. The topological polar surface area (TPSA) is 140 Å². The smallest absolute Gasteiger partial charge is 0.322 e. The number of benzene rings is 2. The molecule has 174 valence electrons. The largest absolute Gasteiger partial charge is 0.408 e. The van der Waals surface area contributed by atoms with E-state index >= 15 is 0 Å². The van der Waals surface area contributed by atoms with Crippen LogP contribution < -0.4 is 5.32 Å². The lowest BCUT2D eigenvalue weighted by atomic mass is 10.2. The monoisotopic (exact) mass is 490 g/mol. The normalized spacial score (nSPS) is 14.4. The number of sulfone groups is 1. The van der Waals surface area contributed by atoms with Gasteiger partial charge in [-0.15, -0.1) is 5.10 Å². The summed E-state index contributed by atoms with van der Waals surface area (Å²) >= 11 is 0. The molecule has 1 aliphatic carbocycles. The fourth-order valence-electron chi connectivity index (χ4n) is 3.12. The molecule has 0 aliphatic heterocycles. The first kappa shape index (κ1) is 23.1. The number of anilines is 1. The Morgan fingerprint density at radius 3 is 2.30 bits per heavy atom. The van der Waals surface area contributed by atoms with E-state index in [1.807, 2.05) is 0 Å². The van der Waals surface area contributed by atoms with Crippen molar-refractivity contribution < 1.29 is 26.0 Å². The molecule has 10 nitrogen and oxygen atoms in total. The van der Waals surface area contributed by atoms with E-state index in [2.05, 4.69) is 15.5 Å². The second-order valence-corrected chi connectivity index (χ2v) is 11.7. The highest BCUT2D eigenvalue weighted by atomic mass is 32.2. The molecule has 1 fully saturated rings. The first-order valence-corrected chi connectivity index (χ1v) is 13.3. The fraction of sp³-hybridized carbons (Fsp3) is 0.286. The summed E-state index contributed by atoms with van der Waals surface area (Å²) in [6, 6.07) is 13.4. The zero-order valence-corrected chi connectivity index (χ0v) is 19.3. The van der Waals surface area contributed by atoms with Gasteiger partial charge >= 0.3 is 6.01 Å². The maximum Gasteiger partial charge on any atom is 0.322 e. The first-order chi connectivity index (χ1) is 15.7. The molecule has 0 unspecified atom stereocenters. The molecule has 0 bridgehead atoms. The van der Waals surface area contributed by atoms with E-state index < -0.39 is 25.8 Å². The molecular formula is C21H22N4O6S2. The number of hydrogen-bond donors (Lipinski definition) is 1. The maximum absolute atomic E-state index is 12.6. The van der Waals surface area contributed by atoms with Gasteiger partial charge in [-0.3, -0.25) is 10.1 Å². The minimum Gasteiger partial charge on any atom is -0.408 e. The average molecular weight is 491 g/mol. The second kappa shape index (κ2) is 9.04. The van der Waals surface area contributed by atoms with Crippen LogP contribution in [-0.4, -0.2) is 56.1 Å². The van der Waals surface area contributed by atoms with Crippen LogP contribution in [0.25, 0.3) is 0 Å². The number of nitrogens with one attached hydrogen (secondary N) is 1. The zero-order chi connectivity index (χ0) is 23.6. The molecule has 1 heterocycles. The molecule has 1 amide bonds. The third-order valence-corrected chi connectivity index (χ3v) is 8.89. The second-order valence-electron chi connectivity index (χ2n) is 7.61. The van der Waals surface area contributed by atoms with Crippen molar-refractivity contribution in [1.29, 1.82) is 0 Å². The molecule has 1 aliphatic rings. The third kappa shape index (κ3) is 5.29. The van der Waals surface area contributed by atoms with Crippen molar-refractivity contribution in [1.82, 2.24) is 14.5 Å². The molecule has 12 heteroatoms. The van der Waals surface area contributed by atoms with Gasteiger partial charge in [-0.05, 0) is 49.2 Å². The number of aryl methyl sites for hydroxylation is 1. The standard InChI is InChI=1S/C21H22N4O6S2/c1-25(16-9-10-16)33(29,30)18-11-7-15(8-12-18)20(26)22-21-24-23-19(31-21)13-14-32(27,28)17-5-3-2-4-6-17/h2-8,11-12,16H,9-10,13-14H2,1H3,(H,22,24,26). The number of carbonyl (C=O) groups is 1. The molecule has 33 heavy (non-hydrogen) atoms. The van der Waals surface area contributed by atoms with Crippen molar-refractivity contribution in [3.05, 3.63) is 66.1 Å². The SMILES string of the molecule is CN(C1CC1)S(=O)(=O)c1ccc(C(=O)Nc2nnc(CCS(=O)(=O)c3ccccc3)o2)cc1. The molecule has 3 aromatic rings. The van der Waals surface area contributed by atoms with Crippen LogP contribution in [0.1, 0.15) is 29.1 Å². The lowest BCUT2D eigenvalue weighted by molar-refractivity contribution is 0.102. The Bertz CT molecular complexity index is 1350. The number of nitrogens with zero attached hydrogens (tertiary/aromatic N) is 3. The van der Waals surface area contributed by atoms with Crippen LogP contribution in [-0.2, 0) is 26.3 Å². The lowest BCUT2D eigenvalue weighted by Gasteiger charge is -2.16. The van der Waals surface area contributed by atoms with Gasteiger partial charge in [0.2, 0.25) is 15.9 Å². The van der Waals surface area contributed by atoms with Gasteiger partial charge in [-0.2, -0.15) is 4.31 Å². The Morgan fingerprint density at radius 2 is 1.67 bits per heavy atom. The Kier molecular flexibility index (Phi) is 6.32. The van der Waals surface area contributed by atoms with Crippen LogP contribution in [0.5, 0.6) is 0 Å². The van der Waals surface area contributed by atoms with Gasteiger partial charge in [-0.1, -0.05) is 23.3 Å². The Balaban J connectivity index is 1.36. The van der Waals surface area contributed by atoms with Crippen LogP contribution in [0.2, 0.25) is 0 Å². The summed E-state index contributed by atoms with van der Waals surface area (Å²) in [5, 5.41) is 9.91. The predicted octanol–water partition coefficient (Wildman–Crippen LogP) is 2.12. The van der Waals surface area contributed by atoms with E-state index in [9.17, 15) is 21.6 Å². The number of rotatable bonds is 9. The first-order valence-electron chi connectivity index (χ1n) is 10.2. The molecule has 2 aromatic carbocycles. The van der Waals surface area contributed by atoms with E-state index in [1.54, 1.807) is 25.2 Å². The third-order valence-electron chi connectivity index (χ3n) is 5.23. The van der Waals surface area contributed by atoms with E-state index in [0.29, 0.717) is 0 Å². The Hall–Kier alpha value is -3.09. The van der Waals surface area contributed by atoms with E-state index in [1.165, 1.54) is 40.7 Å². The number of sulfonamides is 1. The molecule has 0 saturated heterocycles. The molecule has 0 spiro atoms. The van der Waals surface area contributed by atoms with E-state index in [4.69, 9.17) is 4.42 Å². The van der Waals surface area contributed by atoms with Gasteiger partial charge in [0.05, 0.1) is 15.5 Å². The summed E-state index contributed by atoms with van der Waals surface area (Å²) in [4.78, 5) is 12.7. The van der Waals surface area contributed by atoms with Gasteiger partial charge in [0, 0.05) is 25.1 Å². The maximum atomic E-state index is 12.6. The Morgan fingerprint density at radius 1 is 1.00 bits per heavy atom. The van der Waals surface area contributed by atoms with Crippen LogP contribution in [0.4, 0.5) is 6.01 Å². The summed E-state index contributed by atoms with van der Waals surface area (Å²) in [5.74, 6) is -0.728. The quantitative estimate of drug-likeness (QED) is 0.481. The molecule has 0 radical (unpaired) electrons. The summed E-state index contributed by atoms with van der Waals surface area (Å²) in [6.07, 6.45) is 1.68. The van der Waals surface area contributed by atoms with Gasteiger partial charge in [0.25, 0.3) is 5.91 Å². The van der Waals surface area contributed by atoms with Gasteiger partial charge in [-0.25, -0.2) is 16.8 Å². The molecule has 0 atom stereocenters. The molecule has 1 N–H and O–H groups in total. The highest BCUT2D eigenvalue weighted by Gasteiger charge is 2.35. The van der Waals surface area contributed by atoms with Crippen molar-refractivity contribution >= 4 is 31.8 Å². The molecule has 4 rings (SSSR count). The van der Waals surface area contributed by atoms with Crippen LogP contribution in [0, 0.1) is 0 Å². The summed E-state index contributed by atoms with van der Waals surface area (Å²) in [7, 11) is -5.56. The highest BCUT2D eigenvalue weighted by molar-refractivity contribution is 7.91. The summed E-state index contributed by atoms with van der Waals surface area (Å²) in [6.45, 7) is 0. The van der Waals surface area contributed by atoms with Gasteiger partial charge < -0.3 is 4.42 Å². The van der Waals surface area contributed by atoms with Crippen LogP contribution in [0.3, 0.4) is 0 Å². The van der Waals surface area contributed by atoms with Gasteiger partial charge in [0.1, 0.15) is 0 Å². The lowest BCUT2D eigenvalue weighted by Crippen LogP contribution is -2.29. The number of amides is 1. The molecular weight excluding hydrogens is 468 g/mol. The van der Waals surface area contributed by atoms with Crippen molar-refractivity contribution in [2.75, 3.05) is 18.1 Å². The van der Waals surface area contributed by atoms with E-state index in [-0.39, 0.29) is 45.5 Å². The van der Waals surface area contributed by atoms with E-state index in [0.717, 1.165) is 12.8 Å². The Labute approximate surface area is 191 Å². The van der Waals surface area contributed by atoms with Crippen molar-refractivity contribution in [3.63, 3.8) is 0 Å². The molecule has 1 saturated carbocycles. The van der Waals surface area contributed by atoms with Crippen molar-refractivity contribution in [3.8, 4) is 0 Å². The minimum atomic E-state index is -3.60. The number of carbonyl (C=O) groups excluding carboxylic acids is 1. The van der Waals surface area contributed by atoms with Crippen molar-refractivity contribution in [2.45, 2.75) is 35.1 Å². The van der Waals surface area contributed by atoms with Crippen molar-refractivity contribution in [2.24, 2.45) is 0 Å². The summed E-state index contributed by atoms with van der Waals surface area (Å²) in [5.41, 5.74) is 0.203. The van der Waals surface area contributed by atoms with Crippen LogP contribution >= 0.6 is 0 Å². The average Bonchev–Trinajstić information content (AvgIpc) is 3.57. The molecule has 1 aromatic heterocycles. The van der Waals surface area contributed by atoms with Crippen LogP contribution in [0.15, 0.2) is 68.8 Å². The van der Waals surface area contributed by atoms with Gasteiger partial charge in [0.15, 0.2) is 9.84 Å². The summed E-state index contributed by atoms with van der Waals surface area (Å²) < 4.78 is 56.5. The predicted molar refractivity (Wildman–Crippen MR) is 119 cm³/mol. The highest BCUT2D eigenvalue weighted by Crippen LogP contribution is 2.30. The zero-order valence-electron chi connectivity index (χ0n) is 17.7. The number of aromatic nitrogens is 2.